The van der Waals surface area contributed by atoms with Crippen LogP contribution < -0.4 is 4.74 Å². The van der Waals surface area contributed by atoms with Gasteiger partial charge >= 0.3 is 0 Å². The van der Waals surface area contributed by atoms with E-state index in [1.165, 1.54) is 0 Å². The molecule has 1 heterocycles. The Bertz CT molecular complexity index is 3060. The van der Waals surface area contributed by atoms with Crippen LogP contribution >= 0.6 is 0 Å². The van der Waals surface area contributed by atoms with E-state index in [0.717, 1.165) is 37.9 Å². The second kappa shape index (κ2) is 9.29. The first-order chi connectivity index (χ1) is 26.0. The maximum Gasteiger partial charge on any atom is 0.135 e. The van der Waals surface area contributed by atoms with Crippen molar-refractivity contribution in [1.29, 1.82) is 0 Å². The molecule has 0 bridgehead atoms. The summed E-state index contributed by atoms with van der Waals surface area (Å²) in [5.74, 6) is 1.08. The first-order valence-electron chi connectivity index (χ1n) is 19.3. The summed E-state index contributed by atoms with van der Waals surface area (Å²) in [6.45, 7) is 0. The van der Waals surface area contributed by atoms with Crippen LogP contribution in [0.1, 0.15) is 12.3 Å². The van der Waals surface area contributed by atoms with Crippen molar-refractivity contribution >= 4 is 43.1 Å². The largest absolute Gasteiger partial charge is 0.456 e. The molecule has 0 atom stereocenters. The van der Waals surface area contributed by atoms with E-state index in [9.17, 15) is 5.48 Å². The molecule has 1 heteroatoms. The van der Waals surface area contributed by atoms with Crippen LogP contribution in [0, 0.1) is 0 Å². The van der Waals surface area contributed by atoms with Crippen molar-refractivity contribution in [3.8, 4) is 56.0 Å². The minimum absolute atomic E-state index is 0.0951. The summed E-state index contributed by atoms with van der Waals surface area (Å²) in [7, 11) is 0. The van der Waals surface area contributed by atoms with E-state index in [0.29, 0.717) is 44.5 Å². The normalized spacial score (nSPS) is 15.0. The first kappa shape index (κ1) is 17.4. The van der Waals surface area contributed by atoms with Crippen molar-refractivity contribution in [3.63, 3.8) is 0 Å². The average molecular weight is 580 g/mol. The molecule has 0 saturated heterocycles. The molecule has 0 amide bonds. The standard InChI is InChI=1S/C44H26O/c1-2-6-28(7-3-1)35-23-25-41-44-36(35)10-5-11-37(44)39-26-33(20-24-40(39)45-41)27-12-14-29(15-13-27)34-21-18-32-17-16-30-8-4-9-31-19-22-38(34)43(32)42(30)31/h1-26H/i1D,2D,3D,6D,7D,12D,13D,14D,15D. The smallest absolute Gasteiger partial charge is 0.135 e. The van der Waals surface area contributed by atoms with Crippen LogP contribution in [0.4, 0.5) is 0 Å². The summed E-state index contributed by atoms with van der Waals surface area (Å²) in [5, 5.41) is 7.56. The molecule has 208 valence electrons. The topological polar surface area (TPSA) is 9.23 Å². The van der Waals surface area contributed by atoms with E-state index in [-0.39, 0.29) is 52.9 Å². The summed E-state index contributed by atoms with van der Waals surface area (Å²) in [4.78, 5) is 0. The Morgan fingerprint density at radius 2 is 1.00 bits per heavy atom. The summed E-state index contributed by atoms with van der Waals surface area (Å²) in [6, 6.07) is 30.1. The fraction of sp³-hybridized carbons (Fsp3) is 0. The van der Waals surface area contributed by atoms with E-state index < -0.39 is 18.1 Å². The molecule has 0 aromatic heterocycles. The molecule has 1 nitrogen and oxygen atoms in total. The summed E-state index contributed by atoms with van der Waals surface area (Å²) in [5.41, 5.74) is 3.53. The molecule has 0 N–H and O–H groups in total. The molecular weight excluding hydrogens is 544 g/mol. The van der Waals surface area contributed by atoms with Crippen LogP contribution in [0.2, 0.25) is 0 Å². The number of benzene rings is 9. The molecule has 45 heavy (non-hydrogen) atoms. The van der Waals surface area contributed by atoms with Crippen molar-refractivity contribution in [2.45, 2.75) is 0 Å². The van der Waals surface area contributed by atoms with E-state index >= 15 is 0 Å². The van der Waals surface area contributed by atoms with Gasteiger partial charge in [0, 0.05) is 10.9 Å². The number of fused-ring (bicyclic) bond motifs is 2. The zero-order valence-electron chi connectivity index (χ0n) is 32.7. The minimum Gasteiger partial charge on any atom is -0.456 e. The van der Waals surface area contributed by atoms with Crippen LogP contribution in [0.15, 0.2) is 158 Å². The Hall–Kier alpha value is -5.92. The lowest BCUT2D eigenvalue weighted by atomic mass is 9.88. The van der Waals surface area contributed by atoms with Gasteiger partial charge in [0.25, 0.3) is 0 Å². The Morgan fingerprint density at radius 3 is 1.82 bits per heavy atom. The lowest BCUT2D eigenvalue weighted by Gasteiger charge is -2.23. The second-order valence-electron chi connectivity index (χ2n) is 11.4. The third-order valence-electron chi connectivity index (χ3n) is 8.97. The van der Waals surface area contributed by atoms with Gasteiger partial charge in [0.05, 0.1) is 12.3 Å². The highest BCUT2D eigenvalue weighted by molar-refractivity contribution is 6.25. The molecule has 0 spiro atoms. The molecule has 1 aliphatic heterocycles. The molecule has 1 aliphatic rings. The van der Waals surface area contributed by atoms with E-state index in [4.69, 9.17) is 11.6 Å². The molecule has 0 saturated carbocycles. The number of rotatable bonds is 3. The quantitative estimate of drug-likeness (QED) is 0.189. The Morgan fingerprint density at radius 1 is 0.378 bits per heavy atom. The van der Waals surface area contributed by atoms with Crippen LogP contribution in [-0.4, -0.2) is 0 Å². The maximum absolute atomic E-state index is 9.27. The highest BCUT2D eigenvalue weighted by atomic mass is 16.5. The SMILES string of the molecule is [2H]c1c([2H])c([2H])c(-c2ccc3c4c(cccc24)-c2cc(-c4c([2H])c([2H])c(-c5ccc6ccc7cccc8ccc5c6c78)c([2H])c4[2H])ccc2O3)c([2H])c1[2H]. The Balaban J connectivity index is 1.15. The molecule has 9 aromatic carbocycles. The van der Waals surface area contributed by atoms with Gasteiger partial charge in [0.15, 0.2) is 0 Å². The fourth-order valence-electron chi connectivity index (χ4n) is 6.93. The Kier molecular flexibility index (Phi) is 3.59. The molecule has 0 radical (unpaired) electrons. The van der Waals surface area contributed by atoms with E-state index in [2.05, 4.69) is 24.3 Å². The molecule has 10 rings (SSSR count). The van der Waals surface area contributed by atoms with E-state index in [1.807, 2.05) is 54.6 Å². The van der Waals surface area contributed by atoms with Crippen LogP contribution in [0.5, 0.6) is 11.5 Å². The predicted octanol–water partition coefficient (Wildman–Crippen LogP) is 12.5. The maximum atomic E-state index is 9.27. The first-order valence-corrected chi connectivity index (χ1v) is 14.8. The molecular formula is C44H26O. The third-order valence-corrected chi connectivity index (χ3v) is 8.97. The fourth-order valence-corrected chi connectivity index (χ4v) is 6.93. The van der Waals surface area contributed by atoms with Gasteiger partial charge in [0.1, 0.15) is 11.5 Å². The van der Waals surface area contributed by atoms with Crippen LogP contribution in [-0.2, 0) is 0 Å². The monoisotopic (exact) mass is 579 g/mol. The van der Waals surface area contributed by atoms with Crippen molar-refractivity contribution in [1.82, 2.24) is 0 Å². The summed E-state index contributed by atoms with van der Waals surface area (Å²) < 4.78 is 85.2. The summed E-state index contributed by atoms with van der Waals surface area (Å²) >= 11 is 0. The third kappa shape index (κ3) is 3.62. The van der Waals surface area contributed by atoms with Gasteiger partial charge in [-0.25, -0.2) is 0 Å². The summed E-state index contributed by atoms with van der Waals surface area (Å²) in [6.07, 6.45) is 0. The lowest BCUT2D eigenvalue weighted by molar-refractivity contribution is 0.487. The van der Waals surface area contributed by atoms with Gasteiger partial charge in [0.2, 0.25) is 0 Å². The van der Waals surface area contributed by atoms with Crippen molar-refractivity contribution in [2.24, 2.45) is 0 Å². The van der Waals surface area contributed by atoms with Crippen molar-refractivity contribution in [3.05, 3.63) is 158 Å². The number of hydrogen-bond acceptors (Lipinski definition) is 1. The molecule has 0 unspecified atom stereocenters. The predicted molar refractivity (Wildman–Crippen MR) is 189 cm³/mol. The minimum atomic E-state index is -0.459. The zero-order chi connectivity index (χ0) is 37.3. The molecule has 9 aromatic rings. The van der Waals surface area contributed by atoms with Gasteiger partial charge in [-0.2, -0.15) is 0 Å². The molecule has 0 fully saturated rings. The number of ether oxygens (including phenoxy) is 1. The highest BCUT2D eigenvalue weighted by Gasteiger charge is 2.22. The number of hydrogen-bond donors (Lipinski definition) is 0. The molecule has 0 aliphatic carbocycles. The van der Waals surface area contributed by atoms with Crippen molar-refractivity contribution < 1.29 is 17.1 Å². The van der Waals surface area contributed by atoms with Gasteiger partial charge in [-0.3, -0.25) is 0 Å². The second-order valence-corrected chi connectivity index (χ2v) is 11.4. The Labute approximate surface area is 273 Å². The lowest BCUT2D eigenvalue weighted by Crippen LogP contribution is -1.98. The zero-order valence-corrected chi connectivity index (χ0v) is 23.7. The van der Waals surface area contributed by atoms with Crippen LogP contribution in [0.25, 0.3) is 87.6 Å². The van der Waals surface area contributed by atoms with Crippen molar-refractivity contribution in [2.75, 3.05) is 0 Å². The van der Waals surface area contributed by atoms with Gasteiger partial charge in [-0.05, 0) is 94.8 Å². The van der Waals surface area contributed by atoms with Gasteiger partial charge < -0.3 is 4.74 Å². The van der Waals surface area contributed by atoms with Gasteiger partial charge in [-0.1, -0.05) is 139 Å². The van der Waals surface area contributed by atoms with E-state index in [1.54, 1.807) is 24.3 Å². The van der Waals surface area contributed by atoms with Gasteiger partial charge in [-0.15, -0.1) is 0 Å². The average Bonchev–Trinajstić information content (AvgIpc) is 3.19. The highest BCUT2D eigenvalue weighted by Crippen LogP contribution is 2.49. The van der Waals surface area contributed by atoms with Crippen LogP contribution in [0.3, 0.4) is 0 Å².